The van der Waals surface area contributed by atoms with Crippen LogP contribution in [-0.2, 0) is 8.61 Å². The summed E-state index contributed by atoms with van der Waals surface area (Å²) in [5.41, 5.74) is 0.951. The van der Waals surface area contributed by atoms with Crippen molar-refractivity contribution in [2.24, 2.45) is 5.92 Å². The molecule has 0 aliphatic carbocycles. The Morgan fingerprint density at radius 3 is 2.41 bits per heavy atom. The molecule has 0 amide bonds. The van der Waals surface area contributed by atoms with Crippen molar-refractivity contribution in [2.45, 2.75) is 65.3 Å². The fraction of sp³-hybridized carbons (Fsp3) is 0.750. The number of allylic oxidation sites excluding steroid dienone is 1. The summed E-state index contributed by atoms with van der Waals surface area (Å²) in [6.07, 6.45) is 8.53. The van der Waals surface area contributed by atoms with E-state index in [-0.39, 0.29) is 17.1 Å². The van der Waals surface area contributed by atoms with Crippen LogP contribution in [-0.4, -0.2) is 27.6 Å². The minimum absolute atomic E-state index is 0.107. The van der Waals surface area contributed by atoms with Crippen molar-refractivity contribution in [3.8, 4) is 12.3 Å². The van der Waals surface area contributed by atoms with Crippen molar-refractivity contribution in [3.63, 3.8) is 0 Å². The molecule has 2 nitrogen and oxygen atoms in total. The molecule has 6 heteroatoms. The molecule has 0 heterocycles. The molecular weight excluding hydrogens is 422 g/mol. The van der Waals surface area contributed by atoms with Gasteiger partial charge in [0.2, 0.25) is 0 Å². The molecule has 22 heavy (non-hydrogen) atoms. The third-order valence-corrected chi connectivity index (χ3v) is 9.97. The van der Waals surface area contributed by atoms with Crippen LogP contribution in [0, 0.1) is 18.3 Å². The molecule has 1 unspecified atom stereocenters. The van der Waals surface area contributed by atoms with Gasteiger partial charge >= 0.3 is 154 Å². The van der Waals surface area contributed by atoms with E-state index in [1.165, 1.54) is 0 Å². The first kappa shape index (κ1) is 22.6. The van der Waals surface area contributed by atoms with Crippen LogP contribution in [0.15, 0.2) is 11.6 Å². The predicted molar refractivity (Wildman–Crippen MR) is 113 cm³/mol. The van der Waals surface area contributed by atoms with Crippen molar-refractivity contribution in [3.05, 3.63) is 11.6 Å². The van der Waals surface area contributed by atoms with Gasteiger partial charge in [-0.25, -0.2) is 0 Å². The second kappa shape index (κ2) is 9.78. The van der Waals surface area contributed by atoms with Crippen LogP contribution in [0.25, 0.3) is 0 Å². The molecular formula is C16H30BIO2SSi. The fourth-order valence-electron chi connectivity index (χ4n) is 1.79. The van der Waals surface area contributed by atoms with Crippen molar-refractivity contribution in [1.29, 1.82) is 0 Å². The third-order valence-electron chi connectivity index (χ3n) is 4.20. The number of terminal acetylenes is 1. The zero-order valence-electron chi connectivity index (χ0n) is 14.9. The van der Waals surface area contributed by atoms with Gasteiger partial charge in [0, 0.05) is 0 Å². The summed E-state index contributed by atoms with van der Waals surface area (Å²) < 4.78 is 12.2. The Kier molecular flexibility index (Phi) is 10.0. The summed E-state index contributed by atoms with van der Waals surface area (Å²) in [6.45, 7) is 21.8. The van der Waals surface area contributed by atoms with E-state index in [1.54, 1.807) is 0 Å². The van der Waals surface area contributed by atoms with Crippen LogP contribution in [0.3, 0.4) is 0 Å². The molecule has 0 aromatic rings. The van der Waals surface area contributed by atoms with Gasteiger partial charge in [0.15, 0.2) is 0 Å². The number of halogens is 1. The Bertz CT molecular complexity index is 497. The Morgan fingerprint density at radius 2 is 2.00 bits per heavy atom. The van der Waals surface area contributed by atoms with Crippen LogP contribution in [0.2, 0.25) is 18.1 Å². The molecule has 0 N–H and O–H groups in total. The minimum atomic E-state index is -1.83. The molecule has 0 bridgehead atoms. The molecule has 0 fully saturated rings. The molecule has 0 aliphatic rings. The Hall–Kier alpha value is 0.582. The molecule has 0 spiro atoms. The van der Waals surface area contributed by atoms with Gasteiger partial charge in [0.25, 0.3) is 0 Å². The first-order valence-electron chi connectivity index (χ1n) is 7.57. The molecule has 0 aromatic heterocycles. The Morgan fingerprint density at radius 1 is 1.45 bits per heavy atom. The Labute approximate surface area is 153 Å². The zero-order valence-corrected chi connectivity index (χ0v) is 19.0. The van der Waals surface area contributed by atoms with Crippen LogP contribution in [0.5, 0.6) is 0 Å². The molecule has 0 aromatic carbocycles. The topological polar surface area (TPSA) is 18.5 Å². The summed E-state index contributed by atoms with van der Waals surface area (Å²) in [4.78, 5) is 0. The van der Waals surface area contributed by atoms with Crippen LogP contribution < -0.4 is 0 Å². The molecule has 0 aliphatic heterocycles. The molecule has 3 atom stereocenters. The maximum absolute atomic E-state index is 6.60. The normalized spacial score (nSPS) is 17.8. The first-order chi connectivity index (χ1) is 9.90. The van der Waals surface area contributed by atoms with E-state index >= 15 is 0 Å². The quantitative estimate of drug-likeness (QED) is 0.243. The Balaban J connectivity index is 5.10. The van der Waals surface area contributed by atoms with Crippen LogP contribution >= 0.6 is 28.8 Å². The van der Waals surface area contributed by atoms with E-state index in [4.69, 9.17) is 21.6 Å². The second-order valence-electron chi connectivity index (χ2n) is 7.16. The summed E-state index contributed by atoms with van der Waals surface area (Å²) in [6, 6.07) is 0. The zero-order chi connectivity index (χ0) is 17.6. The van der Waals surface area contributed by atoms with Crippen LogP contribution in [0.4, 0.5) is 0 Å². The van der Waals surface area contributed by atoms with Crippen molar-refractivity contribution in [1.82, 2.24) is 0 Å². The van der Waals surface area contributed by atoms with Gasteiger partial charge in [-0.1, -0.05) is 0 Å². The van der Waals surface area contributed by atoms with Crippen molar-refractivity contribution < 1.29 is 8.61 Å². The average molecular weight is 452 g/mol. The van der Waals surface area contributed by atoms with Gasteiger partial charge in [-0.3, -0.25) is 0 Å². The number of rotatable bonds is 7. The summed E-state index contributed by atoms with van der Waals surface area (Å²) >= 11 is 2.12. The number of hydrogen-bond donors (Lipinski definition) is 1. The number of thiol groups is 1. The third kappa shape index (κ3) is 8.44. The predicted octanol–water partition coefficient (Wildman–Crippen LogP) is 5.35. The van der Waals surface area contributed by atoms with E-state index in [0.29, 0.717) is 6.61 Å². The van der Waals surface area contributed by atoms with Gasteiger partial charge in [0.05, 0.1) is 0 Å². The van der Waals surface area contributed by atoms with E-state index in [0.717, 1.165) is 12.0 Å². The molecule has 0 saturated carbocycles. The molecule has 0 saturated heterocycles. The fourth-order valence-corrected chi connectivity index (χ4v) is 4.10. The van der Waals surface area contributed by atoms with Crippen molar-refractivity contribution >= 4 is 43.6 Å². The van der Waals surface area contributed by atoms with Gasteiger partial charge < -0.3 is 0 Å². The van der Waals surface area contributed by atoms with Gasteiger partial charge in [-0.15, -0.1) is 0 Å². The summed E-state index contributed by atoms with van der Waals surface area (Å²) in [5, 5.41) is 0.181. The van der Waals surface area contributed by atoms with E-state index in [2.05, 4.69) is 74.0 Å². The van der Waals surface area contributed by atoms with E-state index in [9.17, 15) is 0 Å². The summed E-state index contributed by atoms with van der Waals surface area (Å²) in [5.74, 6) is 2.94. The first-order valence-corrected chi connectivity index (χ1v) is 14.6. The second-order valence-corrected chi connectivity index (χ2v) is 15.6. The molecule has 126 valence electrons. The maximum atomic E-state index is 6.60. The van der Waals surface area contributed by atoms with Gasteiger partial charge in [0.1, 0.15) is 0 Å². The average Bonchev–Trinajstić information content (AvgIpc) is 2.35. The summed E-state index contributed by atoms with van der Waals surface area (Å²) in [7, 11) is -2.68. The van der Waals surface area contributed by atoms with Gasteiger partial charge in [-0.05, 0) is 0 Å². The van der Waals surface area contributed by atoms with E-state index in [1.807, 2.05) is 6.92 Å². The van der Waals surface area contributed by atoms with E-state index < -0.39 is 15.9 Å². The van der Waals surface area contributed by atoms with Crippen LogP contribution in [0.1, 0.15) is 41.0 Å². The van der Waals surface area contributed by atoms with Gasteiger partial charge in [-0.2, -0.15) is 0 Å². The standard InChI is InChI=1S/C16H30BIO2SSi/c1-9-13(2)12-14(3)15(10-11-19-21(17)18)20-22(7,8)16(4,5)6/h1,12,14-15,21H,10-11H2,2-8H3/b13-12+/t14-,15-/m0/s1. The molecule has 0 rings (SSSR count). The monoisotopic (exact) mass is 452 g/mol. The molecule has 0 radical (unpaired) electrons. The SMILES string of the molecule is B#[SH](I)OCC[C@H](O[Si](C)(C)C(C)(C)C)[C@@H](C)/C=C(\C)C#C. The number of hydrogen-bond acceptors (Lipinski definition) is 2. The van der Waals surface area contributed by atoms with Crippen molar-refractivity contribution in [2.75, 3.05) is 6.61 Å².